The lowest BCUT2D eigenvalue weighted by molar-refractivity contribution is 0.0769. The summed E-state index contributed by atoms with van der Waals surface area (Å²) in [6.45, 7) is 1.28. The van der Waals surface area contributed by atoms with Gasteiger partial charge in [0.05, 0.1) is 13.7 Å². The number of rotatable bonds is 4. The predicted molar refractivity (Wildman–Crippen MR) is 86.1 cm³/mol. The number of ether oxygens (including phenoxy) is 4. The van der Waals surface area contributed by atoms with Gasteiger partial charge in [0.25, 0.3) is 17.7 Å². The fraction of sp³-hybridized carbons (Fsp3) is 0.353. The van der Waals surface area contributed by atoms with Crippen molar-refractivity contribution in [2.45, 2.75) is 12.5 Å². The van der Waals surface area contributed by atoms with Crippen LogP contribution in [0.15, 0.2) is 30.6 Å². The third-order valence-electron chi connectivity index (χ3n) is 4.16. The highest BCUT2D eigenvalue weighted by molar-refractivity contribution is 5.95. The van der Waals surface area contributed by atoms with Crippen molar-refractivity contribution < 1.29 is 23.7 Å². The topological polar surface area (TPSA) is 83.0 Å². The van der Waals surface area contributed by atoms with Gasteiger partial charge in [0.2, 0.25) is 6.79 Å². The fourth-order valence-electron chi connectivity index (χ4n) is 2.91. The largest absolute Gasteiger partial charge is 0.477 e. The number of nitrogens with zero attached hydrogens (tertiary/aromatic N) is 3. The van der Waals surface area contributed by atoms with Crippen LogP contribution in [0.5, 0.6) is 23.3 Å². The van der Waals surface area contributed by atoms with E-state index in [4.69, 9.17) is 18.9 Å². The molecule has 0 saturated carbocycles. The van der Waals surface area contributed by atoms with Crippen LogP contribution in [0, 0.1) is 0 Å². The summed E-state index contributed by atoms with van der Waals surface area (Å²) in [7, 11) is 1.51. The molecule has 1 atom stereocenters. The van der Waals surface area contributed by atoms with Crippen LogP contribution in [0.3, 0.4) is 0 Å². The van der Waals surface area contributed by atoms with Gasteiger partial charge < -0.3 is 23.8 Å². The molecule has 130 valence electrons. The Hall–Kier alpha value is -3.03. The van der Waals surface area contributed by atoms with Crippen molar-refractivity contribution in [3.8, 4) is 23.3 Å². The molecule has 4 rings (SSSR count). The van der Waals surface area contributed by atoms with Crippen LogP contribution >= 0.6 is 0 Å². The molecule has 0 unspecified atom stereocenters. The summed E-state index contributed by atoms with van der Waals surface area (Å²) >= 11 is 0. The zero-order chi connectivity index (χ0) is 17.2. The van der Waals surface area contributed by atoms with E-state index in [2.05, 4.69) is 9.97 Å². The van der Waals surface area contributed by atoms with Gasteiger partial charge in [-0.25, -0.2) is 9.97 Å². The number of amides is 1. The number of aromatic nitrogens is 2. The van der Waals surface area contributed by atoms with Crippen molar-refractivity contribution in [3.63, 3.8) is 0 Å². The Morgan fingerprint density at radius 3 is 2.84 bits per heavy atom. The minimum absolute atomic E-state index is 0.0597. The summed E-state index contributed by atoms with van der Waals surface area (Å²) in [5.74, 6) is 1.88. The lowest BCUT2D eigenvalue weighted by atomic mass is 10.2. The van der Waals surface area contributed by atoms with E-state index in [1.54, 1.807) is 29.3 Å². The van der Waals surface area contributed by atoms with E-state index in [1.165, 1.54) is 13.3 Å². The minimum atomic E-state index is -0.149. The van der Waals surface area contributed by atoms with Crippen LogP contribution in [0.4, 0.5) is 0 Å². The maximum atomic E-state index is 12.7. The number of methoxy groups -OCH3 is 1. The van der Waals surface area contributed by atoms with Crippen LogP contribution in [0.25, 0.3) is 0 Å². The van der Waals surface area contributed by atoms with Gasteiger partial charge in [-0.05, 0) is 18.2 Å². The van der Waals surface area contributed by atoms with E-state index in [0.29, 0.717) is 41.9 Å². The first-order valence-electron chi connectivity index (χ1n) is 7.95. The second kappa shape index (κ2) is 6.46. The molecule has 2 aromatic rings. The third-order valence-corrected chi connectivity index (χ3v) is 4.16. The van der Waals surface area contributed by atoms with Gasteiger partial charge in [0.15, 0.2) is 11.5 Å². The van der Waals surface area contributed by atoms with E-state index in [9.17, 15) is 4.79 Å². The van der Waals surface area contributed by atoms with Crippen molar-refractivity contribution in [2.24, 2.45) is 0 Å². The van der Waals surface area contributed by atoms with Crippen LogP contribution in [0.1, 0.15) is 16.8 Å². The smallest absolute Gasteiger partial charge is 0.278 e. The number of benzene rings is 1. The molecule has 8 heteroatoms. The van der Waals surface area contributed by atoms with Gasteiger partial charge in [-0.1, -0.05) is 0 Å². The SMILES string of the molecule is COc1nccnc1O[C@@H]1CCN(C(=O)c2ccc3c(c2)OCO3)C1. The second-order valence-electron chi connectivity index (χ2n) is 5.72. The molecule has 0 N–H and O–H groups in total. The zero-order valence-corrected chi connectivity index (χ0v) is 13.7. The minimum Gasteiger partial charge on any atom is -0.477 e. The predicted octanol–water partition coefficient (Wildman–Crippen LogP) is 1.51. The van der Waals surface area contributed by atoms with Crippen molar-refractivity contribution in [3.05, 3.63) is 36.2 Å². The van der Waals surface area contributed by atoms with Crippen LogP contribution < -0.4 is 18.9 Å². The van der Waals surface area contributed by atoms with Crippen molar-refractivity contribution >= 4 is 5.91 Å². The van der Waals surface area contributed by atoms with E-state index < -0.39 is 0 Å². The lowest BCUT2D eigenvalue weighted by Crippen LogP contribution is -2.31. The van der Waals surface area contributed by atoms with E-state index in [1.807, 2.05) is 0 Å². The zero-order valence-electron chi connectivity index (χ0n) is 13.7. The molecule has 3 heterocycles. The third kappa shape index (κ3) is 3.02. The van der Waals surface area contributed by atoms with Crippen molar-refractivity contribution in [1.29, 1.82) is 0 Å². The maximum Gasteiger partial charge on any atom is 0.278 e. The summed E-state index contributed by atoms with van der Waals surface area (Å²) in [6.07, 6.45) is 3.65. The van der Waals surface area contributed by atoms with Gasteiger partial charge in [-0.3, -0.25) is 4.79 Å². The molecule has 1 aromatic carbocycles. The first-order valence-corrected chi connectivity index (χ1v) is 7.95. The molecular formula is C17H17N3O5. The number of carbonyl (C=O) groups is 1. The molecule has 2 aliphatic rings. The van der Waals surface area contributed by atoms with E-state index >= 15 is 0 Å². The molecule has 1 aromatic heterocycles. The summed E-state index contributed by atoms with van der Waals surface area (Å²) in [5, 5.41) is 0. The Morgan fingerprint density at radius 1 is 1.20 bits per heavy atom. The first-order chi connectivity index (χ1) is 12.2. The van der Waals surface area contributed by atoms with Crippen molar-refractivity contribution in [2.75, 3.05) is 27.0 Å². The first kappa shape index (κ1) is 15.5. The highest BCUT2D eigenvalue weighted by Gasteiger charge is 2.30. The Labute approximate surface area is 144 Å². The number of hydrogen-bond donors (Lipinski definition) is 0. The Kier molecular flexibility index (Phi) is 4.01. The summed E-state index contributed by atoms with van der Waals surface area (Å²) < 4.78 is 21.6. The van der Waals surface area contributed by atoms with Crippen LogP contribution in [-0.4, -0.2) is 53.9 Å². The number of hydrogen-bond acceptors (Lipinski definition) is 7. The van der Waals surface area contributed by atoms with E-state index in [0.717, 1.165) is 6.42 Å². The van der Waals surface area contributed by atoms with Gasteiger partial charge in [-0.15, -0.1) is 0 Å². The molecule has 0 radical (unpaired) electrons. The van der Waals surface area contributed by atoms with Gasteiger partial charge >= 0.3 is 0 Å². The van der Waals surface area contributed by atoms with Gasteiger partial charge in [-0.2, -0.15) is 0 Å². The average molecular weight is 343 g/mol. The molecule has 1 saturated heterocycles. The van der Waals surface area contributed by atoms with Gasteiger partial charge in [0, 0.05) is 30.9 Å². The van der Waals surface area contributed by atoms with Crippen molar-refractivity contribution in [1.82, 2.24) is 14.9 Å². The number of likely N-dealkylation sites (tertiary alicyclic amines) is 1. The Bertz CT molecular complexity index is 798. The normalized spacial score (nSPS) is 18.3. The quantitative estimate of drug-likeness (QED) is 0.832. The highest BCUT2D eigenvalue weighted by atomic mass is 16.7. The molecule has 0 aliphatic carbocycles. The molecule has 0 bridgehead atoms. The molecule has 1 amide bonds. The Morgan fingerprint density at radius 2 is 2.00 bits per heavy atom. The second-order valence-corrected chi connectivity index (χ2v) is 5.72. The van der Waals surface area contributed by atoms with Crippen LogP contribution in [-0.2, 0) is 0 Å². The molecular weight excluding hydrogens is 326 g/mol. The summed E-state index contributed by atoms with van der Waals surface area (Å²) in [5.41, 5.74) is 0.571. The monoisotopic (exact) mass is 343 g/mol. The van der Waals surface area contributed by atoms with Gasteiger partial charge in [0.1, 0.15) is 6.10 Å². The molecule has 2 aliphatic heterocycles. The fourth-order valence-corrected chi connectivity index (χ4v) is 2.91. The molecule has 25 heavy (non-hydrogen) atoms. The molecule has 1 fully saturated rings. The average Bonchev–Trinajstić information content (AvgIpc) is 3.30. The lowest BCUT2D eigenvalue weighted by Gasteiger charge is -2.17. The Balaban J connectivity index is 1.42. The number of carbonyl (C=O) groups excluding carboxylic acids is 1. The standard InChI is InChI=1S/C17H17N3O5/c1-22-15-16(19-6-5-18-15)25-12-4-7-20(9-12)17(21)11-2-3-13-14(8-11)24-10-23-13/h2-3,5-6,8,12H,4,7,9-10H2,1H3/t12-/m1/s1. The molecule has 8 nitrogen and oxygen atoms in total. The summed E-state index contributed by atoms with van der Waals surface area (Å²) in [4.78, 5) is 22.6. The molecule has 0 spiro atoms. The maximum absolute atomic E-state index is 12.7. The number of fused-ring (bicyclic) bond motifs is 1. The van der Waals surface area contributed by atoms with E-state index in [-0.39, 0.29) is 18.8 Å². The highest BCUT2D eigenvalue weighted by Crippen LogP contribution is 2.33. The summed E-state index contributed by atoms with van der Waals surface area (Å²) in [6, 6.07) is 5.21. The van der Waals surface area contributed by atoms with Crippen LogP contribution in [0.2, 0.25) is 0 Å².